The van der Waals surface area contributed by atoms with Gasteiger partial charge >= 0.3 is 0 Å². The van der Waals surface area contributed by atoms with Crippen LogP contribution in [0.4, 0.5) is 4.48 Å². The molecule has 0 rings (SSSR count). The maximum absolute atomic E-state index is 13.2. The van der Waals surface area contributed by atoms with Crippen LogP contribution in [0.2, 0.25) is 0 Å². The number of nitrogens with one attached hydrogen (secondary N) is 2. The Kier molecular flexibility index (Phi) is 8.28. The molecule has 0 saturated carbocycles. The second-order valence-electron chi connectivity index (χ2n) is 4.80. The van der Waals surface area contributed by atoms with Gasteiger partial charge in [-0.2, -0.15) is 0 Å². The van der Waals surface area contributed by atoms with Gasteiger partial charge < -0.3 is 10.6 Å². The minimum absolute atomic E-state index is 0.0866. The highest BCUT2D eigenvalue weighted by Crippen LogP contribution is 1.92. The summed E-state index contributed by atoms with van der Waals surface area (Å²) in [5, 5.41) is 5.83. The molecule has 2 amide bonds. The Morgan fingerprint density at radius 3 is 1.56 bits per heavy atom. The molecule has 0 heterocycles. The van der Waals surface area contributed by atoms with Crippen molar-refractivity contribution in [3.8, 4) is 0 Å². The summed E-state index contributed by atoms with van der Waals surface area (Å²) >= 11 is 0. The van der Waals surface area contributed by atoms with E-state index in [1.807, 2.05) is 0 Å². The highest BCUT2D eigenvalue weighted by molar-refractivity contribution is 5.78. The van der Waals surface area contributed by atoms with E-state index in [1.54, 1.807) is 27.7 Å². The maximum atomic E-state index is 13.2. The molecule has 5 nitrogen and oxygen atoms in total. The first-order valence-corrected chi connectivity index (χ1v) is 6.30. The van der Waals surface area contributed by atoms with E-state index < -0.39 is 0 Å². The third-order valence-corrected chi connectivity index (χ3v) is 2.36. The number of carbonyl (C=O) groups is 2. The van der Waals surface area contributed by atoms with Crippen LogP contribution in [0.15, 0.2) is 0 Å². The molecule has 0 saturated heterocycles. The summed E-state index contributed by atoms with van der Waals surface area (Å²) in [6, 6.07) is 0. The Morgan fingerprint density at radius 2 is 1.28 bits per heavy atom. The number of rotatable bonds is 8. The normalized spacial score (nSPS) is 11.1. The van der Waals surface area contributed by atoms with Gasteiger partial charge in [-0.25, -0.2) is 0 Å². The van der Waals surface area contributed by atoms with Crippen LogP contribution in [0, 0.1) is 11.8 Å². The van der Waals surface area contributed by atoms with Crippen LogP contribution in [0.1, 0.15) is 27.7 Å². The van der Waals surface area contributed by atoms with Crippen LogP contribution in [0.25, 0.3) is 0 Å². The van der Waals surface area contributed by atoms with Crippen molar-refractivity contribution in [1.29, 1.82) is 0 Å². The van der Waals surface area contributed by atoms with Gasteiger partial charge in [0.25, 0.3) is 0 Å². The molecule has 18 heavy (non-hydrogen) atoms. The monoisotopic (exact) mass is 261 g/mol. The number of carbonyl (C=O) groups excluding carboxylic acids is 2. The number of nitrogens with zero attached hydrogens (tertiary/aromatic N) is 1. The lowest BCUT2D eigenvalue weighted by molar-refractivity contribution is -0.124. The first-order chi connectivity index (χ1) is 8.34. The van der Waals surface area contributed by atoms with Gasteiger partial charge in [0.05, 0.1) is 0 Å². The SMILES string of the molecule is CC(C)C(=O)NCCN(F)CCNC(=O)C(C)C. The predicted octanol–water partition coefficient (Wildman–Crippen LogP) is 0.717. The number of amides is 2. The molecule has 0 aliphatic rings. The number of halogens is 1. The summed E-state index contributed by atoms with van der Waals surface area (Å²) in [6.45, 7) is 7.91. The molecular formula is C12H24FN3O2. The Hall–Kier alpha value is -1.17. The smallest absolute Gasteiger partial charge is 0.222 e. The van der Waals surface area contributed by atoms with E-state index in [-0.39, 0.29) is 49.8 Å². The van der Waals surface area contributed by atoms with Gasteiger partial charge in [0, 0.05) is 38.0 Å². The van der Waals surface area contributed by atoms with Crippen LogP contribution in [0.3, 0.4) is 0 Å². The van der Waals surface area contributed by atoms with Crippen molar-refractivity contribution < 1.29 is 14.1 Å². The lowest BCUT2D eigenvalue weighted by atomic mass is 10.2. The van der Waals surface area contributed by atoms with E-state index >= 15 is 0 Å². The molecule has 0 aromatic rings. The van der Waals surface area contributed by atoms with E-state index in [0.717, 1.165) is 0 Å². The number of hydrogen-bond acceptors (Lipinski definition) is 3. The summed E-state index contributed by atoms with van der Waals surface area (Å²) in [7, 11) is 0. The van der Waals surface area contributed by atoms with Crippen molar-refractivity contribution in [1.82, 2.24) is 15.8 Å². The van der Waals surface area contributed by atoms with Crippen molar-refractivity contribution in [3.05, 3.63) is 0 Å². The fraction of sp³-hybridized carbons (Fsp3) is 0.833. The Labute approximate surface area is 108 Å². The molecule has 0 aliphatic heterocycles. The fourth-order valence-electron chi connectivity index (χ4n) is 1.12. The van der Waals surface area contributed by atoms with E-state index in [4.69, 9.17) is 0 Å². The van der Waals surface area contributed by atoms with Gasteiger partial charge in [-0.05, 0) is 0 Å². The summed E-state index contributed by atoms with van der Waals surface area (Å²) in [5.74, 6) is -0.361. The van der Waals surface area contributed by atoms with Crippen molar-refractivity contribution in [2.75, 3.05) is 26.2 Å². The lowest BCUT2D eigenvalue weighted by Crippen LogP contribution is -2.37. The Bertz CT molecular complexity index is 244. The van der Waals surface area contributed by atoms with Gasteiger partial charge in [0.15, 0.2) is 0 Å². The zero-order valence-corrected chi connectivity index (χ0v) is 11.6. The topological polar surface area (TPSA) is 61.4 Å². The zero-order chi connectivity index (χ0) is 14.1. The molecule has 0 aliphatic carbocycles. The molecule has 2 N–H and O–H groups in total. The molecule has 0 spiro atoms. The van der Waals surface area contributed by atoms with E-state index in [2.05, 4.69) is 10.6 Å². The largest absolute Gasteiger partial charge is 0.354 e. The third-order valence-electron chi connectivity index (χ3n) is 2.36. The molecule has 106 valence electrons. The first-order valence-electron chi connectivity index (χ1n) is 6.30. The van der Waals surface area contributed by atoms with Crippen LogP contribution >= 0.6 is 0 Å². The second kappa shape index (κ2) is 8.85. The first kappa shape index (κ1) is 16.8. The minimum atomic E-state index is -0.0941. The summed E-state index contributed by atoms with van der Waals surface area (Å²) in [5.41, 5.74) is 0. The van der Waals surface area contributed by atoms with E-state index in [0.29, 0.717) is 5.12 Å². The van der Waals surface area contributed by atoms with Crippen LogP contribution in [0.5, 0.6) is 0 Å². The van der Waals surface area contributed by atoms with E-state index in [9.17, 15) is 14.1 Å². The lowest BCUT2D eigenvalue weighted by Gasteiger charge is -2.14. The van der Waals surface area contributed by atoms with Gasteiger partial charge in [-0.1, -0.05) is 27.7 Å². The molecule has 0 radical (unpaired) electrons. The maximum Gasteiger partial charge on any atom is 0.222 e. The van der Waals surface area contributed by atoms with Gasteiger partial charge in [-0.3, -0.25) is 9.59 Å². The standard InChI is InChI=1S/C12H24FN3O2/c1-9(2)11(17)14-5-7-16(13)8-6-15-12(18)10(3)4/h9-10H,5-8H2,1-4H3,(H,14,17)(H,15,18). The molecule has 0 aromatic heterocycles. The van der Waals surface area contributed by atoms with Gasteiger partial charge in [-0.15, -0.1) is 9.60 Å². The second-order valence-corrected chi connectivity index (χ2v) is 4.80. The summed E-state index contributed by atoms with van der Waals surface area (Å²) in [4.78, 5) is 22.4. The average Bonchev–Trinajstić information content (AvgIpc) is 2.28. The molecule has 0 aromatic carbocycles. The van der Waals surface area contributed by atoms with Crippen molar-refractivity contribution in [3.63, 3.8) is 0 Å². The van der Waals surface area contributed by atoms with Crippen molar-refractivity contribution in [2.24, 2.45) is 11.8 Å². The quantitative estimate of drug-likeness (QED) is 0.633. The van der Waals surface area contributed by atoms with E-state index in [1.165, 1.54) is 0 Å². The molecule has 0 bridgehead atoms. The van der Waals surface area contributed by atoms with Crippen molar-refractivity contribution in [2.45, 2.75) is 27.7 Å². The van der Waals surface area contributed by atoms with Crippen LogP contribution < -0.4 is 10.6 Å². The molecular weight excluding hydrogens is 237 g/mol. The molecule has 0 fully saturated rings. The highest BCUT2D eigenvalue weighted by Gasteiger charge is 2.09. The molecule has 6 heteroatoms. The summed E-state index contributed by atoms with van der Waals surface area (Å²) < 4.78 is 13.2. The van der Waals surface area contributed by atoms with Gasteiger partial charge in [0.1, 0.15) is 0 Å². The predicted molar refractivity (Wildman–Crippen MR) is 68.4 cm³/mol. The summed E-state index contributed by atoms with van der Waals surface area (Å²) in [6.07, 6.45) is 0. The Morgan fingerprint density at radius 1 is 0.944 bits per heavy atom. The molecule has 0 unspecified atom stereocenters. The zero-order valence-electron chi connectivity index (χ0n) is 11.6. The Balaban J connectivity index is 3.57. The molecule has 0 atom stereocenters. The minimum Gasteiger partial charge on any atom is -0.354 e. The average molecular weight is 261 g/mol. The van der Waals surface area contributed by atoms with Gasteiger partial charge in [0.2, 0.25) is 11.8 Å². The third kappa shape index (κ3) is 8.00. The fourth-order valence-corrected chi connectivity index (χ4v) is 1.12. The van der Waals surface area contributed by atoms with Crippen molar-refractivity contribution >= 4 is 11.8 Å². The van der Waals surface area contributed by atoms with Crippen LogP contribution in [-0.4, -0.2) is 43.1 Å². The number of hydrogen-bond donors (Lipinski definition) is 2. The highest BCUT2D eigenvalue weighted by atomic mass is 19.2. The van der Waals surface area contributed by atoms with Crippen LogP contribution in [-0.2, 0) is 9.59 Å².